The third-order valence-electron chi connectivity index (χ3n) is 4.71. The van der Waals surface area contributed by atoms with Gasteiger partial charge in [0.25, 0.3) is 5.91 Å². The Balaban J connectivity index is 2.00. The van der Waals surface area contributed by atoms with Crippen molar-refractivity contribution in [3.63, 3.8) is 0 Å². The van der Waals surface area contributed by atoms with E-state index in [0.29, 0.717) is 11.3 Å². The first-order chi connectivity index (χ1) is 14.3. The van der Waals surface area contributed by atoms with E-state index in [-0.39, 0.29) is 23.5 Å². The van der Waals surface area contributed by atoms with E-state index >= 15 is 0 Å². The predicted octanol–water partition coefficient (Wildman–Crippen LogP) is 3.09. The van der Waals surface area contributed by atoms with Gasteiger partial charge in [-0.25, -0.2) is 13.1 Å². The average molecular weight is 434 g/mol. The SMILES string of the molecule is CCN(CC)Cc1ccc(C(=O)Nc2ccc(S(=O)(=O)NC(C)COC)cc2)cc1. The number of carbonyl (C=O) groups is 1. The van der Waals surface area contributed by atoms with E-state index in [4.69, 9.17) is 4.74 Å². The number of methoxy groups -OCH3 is 1. The van der Waals surface area contributed by atoms with Crippen molar-refractivity contribution in [1.82, 2.24) is 9.62 Å². The van der Waals surface area contributed by atoms with Crippen molar-refractivity contribution in [1.29, 1.82) is 0 Å². The van der Waals surface area contributed by atoms with Crippen LogP contribution in [0.15, 0.2) is 53.4 Å². The van der Waals surface area contributed by atoms with Gasteiger partial charge in [0, 0.05) is 30.9 Å². The van der Waals surface area contributed by atoms with Gasteiger partial charge in [-0.05, 0) is 62.0 Å². The molecule has 0 saturated heterocycles. The van der Waals surface area contributed by atoms with Crippen LogP contribution >= 0.6 is 0 Å². The molecule has 7 nitrogen and oxygen atoms in total. The minimum Gasteiger partial charge on any atom is -0.383 e. The molecule has 30 heavy (non-hydrogen) atoms. The normalized spacial score (nSPS) is 12.7. The lowest BCUT2D eigenvalue weighted by Crippen LogP contribution is -2.35. The summed E-state index contributed by atoms with van der Waals surface area (Å²) in [7, 11) is -2.13. The molecule has 0 spiro atoms. The number of nitrogens with zero attached hydrogens (tertiary/aromatic N) is 1. The molecule has 2 aromatic carbocycles. The zero-order chi connectivity index (χ0) is 22.1. The average Bonchev–Trinajstić information content (AvgIpc) is 2.72. The fourth-order valence-electron chi connectivity index (χ4n) is 3.00. The standard InChI is InChI=1S/C22H31N3O4S/c1-5-25(6-2)15-18-7-9-19(10-8-18)22(26)23-20-11-13-21(14-12-20)30(27,28)24-17(3)16-29-4/h7-14,17,24H,5-6,15-16H2,1-4H3,(H,23,26). The number of hydrogen-bond donors (Lipinski definition) is 2. The molecule has 1 amide bonds. The first-order valence-electron chi connectivity index (χ1n) is 10.0. The molecule has 2 rings (SSSR count). The van der Waals surface area contributed by atoms with Crippen LogP contribution in [-0.4, -0.2) is 52.1 Å². The molecule has 2 N–H and O–H groups in total. The third kappa shape index (κ3) is 6.91. The smallest absolute Gasteiger partial charge is 0.255 e. The third-order valence-corrected chi connectivity index (χ3v) is 6.32. The number of nitrogens with one attached hydrogen (secondary N) is 2. The minimum absolute atomic E-state index is 0.129. The molecule has 0 aromatic heterocycles. The molecule has 164 valence electrons. The maximum absolute atomic E-state index is 12.5. The second-order valence-corrected chi connectivity index (χ2v) is 8.83. The number of carbonyl (C=O) groups excluding carboxylic acids is 1. The zero-order valence-corrected chi connectivity index (χ0v) is 18.8. The Hall–Kier alpha value is -2.26. The maximum Gasteiger partial charge on any atom is 0.255 e. The molecule has 0 aliphatic heterocycles. The summed E-state index contributed by atoms with van der Waals surface area (Å²) in [5.41, 5.74) is 2.22. The molecule has 1 unspecified atom stereocenters. The van der Waals surface area contributed by atoms with Gasteiger partial charge in [-0.3, -0.25) is 9.69 Å². The molecule has 2 aromatic rings. The Morgan fingerprint density at radius 2 is 1.63 bits per heavy atom. The van der Waals surface area contributed by atoms with E-state index in [2.05, 4.69) is 28.8 Å². The van der Waals surface area contributed by atoms with Crippen LogP contribution in [0.1, 0.15) is 36.7 Å². The number of anilines is 1. The zero-order valence-electron chi connectivity index (χ0n) is 18.0. The van der Waals surface area contributed by atoms with Crippen molar-refractivity contribution in [3.05, 3.63) is 59.7 Å². The summed E-state index contributed by atoms with van der Waals surface area (Å²) in [5, 5.41) is 2.80. The summed E-state index contributed by atoms with van der Waals surface area (Å²) < 4.78 is 32.2. The van der Waals surface area contributed by atoms with Gasteiger partial charge in [-0.1, -0.05) is 26.0 Å². The molecule has 8 heteroatoms. The number of benzene rings is 2. The van der Waals surface area contributed by atoms with Gasteiger partial charge in [-0.15, -0.1) is 0 Å². The Labute approximate surface area is 179 Å². The molecular formula is C22H31N3O4S. The molecule has 0 fully saturated rings. The van der Waals surface area contributed by atoms with Crippen molar-refractivity contribution < 1.29 is 17.9 Å². The van der Waals surface area contributed by atoms with Crippen LogP contribution < -0.4 is 10.0 Å². The van der Waals surface area contributed by atoms with Crippen molar-refractivity contribution >= 4 is 21.6 Å². The fraction of sp³-hybridized carbons (Fsp3) is 0.409. The van der Waals surface area contributed by atoms with Gasteiger partial charge in [0.2, 0.25) is 10.0 Å². The Bertz CT molecular complexity index is 908. The van der Waals surface area contributed by atoms with E-state index in [1.165, 1.54) is 19.2 Å². The summed E-state index contributed by atoms with van der Waals surface area (Å²) >= 11 is 0. The summed E-state index contributed by atoms with van der Waals surface area (Å²) in [4.78, 5) is 14.9. The number of ether oxygens (including phenoxy) is 1. The molecule has 0 saturated carbocycles. The van der Waals surface area contributed by atoms with Gasteiger partial charge in [0.15, 0.2) is 0 Å². The van der Waals surface area contributed by atoms with E-state index in [0.717, 1.165) is 25.2 Å². The van der Waals surface area contributed by atoms with Crippen LogP contribution in [0.3, 0.4) is 0 Å². The molecule has 0 heterocycles. The predicted molar refractivity (Wildman–Crippen MR) is 119 cm³/mol. The molecular weight excluding hydrogens is 402 g/mol. The highest BCUT2D eigenvalue weighted by molar-refractivity contribution is 7.89. The Morgan fingerprint density at radius 3 is 2.17 bits per heavy atom. The lowest BCUT2D eigenvalue weighted by atomic mass is 10.1. The summed E-state index contributed by atoms with van der Waals surface area (Å²) in [5.74, 6) is -0.244. The quantitative estimate of drug-likeness (QED) is 0.569. The van der Waals surface area contributed by atoms with Crippen molar-refractivity contribution in [2.45, 2.75) is 38.3 Å². The second kappa shape index (κ2) is 11.2. The lowest BCUT2D eigenvalue weighted by molar-refractivity contribution is 0.102. The number of sulfonamides is 1. The van der Waals surface area contributed by atoms with E-state index in [9.17, 15) is 13.2 Å². The van der Waals surface area contributed by atoms with Crippen LogP contribution in [0.4, 0.5) is 5.69 Å². The van der Waals surface area contributed by atoms with Crippen LogP contribution in [0.25, 0.3) is 0 Å². The van der Waals surface area contributed by atoms with E-state index < -0.39 is 10.0 Å². The highest BCUT2D eigenvalue weighted by Gasteiger charge is 2.17. The van der Waals surface area contributed by atoms with Crippen molar-refractivity contribution in [2.75, 3.05) is 32.1 Å². The van der Waals surface area contributed by atoms with Crippen LogP contribution in [0.2, 0.25) is 0 Å². The van der Waals surface area contributed by atoms with Gasteiger partial charge < -0.3 is 10.1 Å². The monoisotopic (exact) mass is 433 g/mol. The minimum atomic E-state index is -3.65. The molecule has 0 radical (unpaired) electrons. The van der Waals surface area contributed by atoms with Crippen molar-refractivity contribution in [3.8, 4) is 0 Å². The maximum atomic E-state index is 12.5. The Kier molecular flexibility index (Phi) is 8.98. The van der Waals surface area contributed by atoms with Crippen LogP contribution in [-0.2, 0) is 21.3 Å². The summed E-state index contributed by atoms with van der Waals surface area (Å²) in [6.45, 7) is 9.05. The molecule has 0 aliphatic carbocycles. The largest absolute Gasteiger partial charge is 0.383 e. The number of amides is 1. The van der Waals surface area contributed by atoms with Crippen molar-refractivity contribution in [2.24, 2.45) is 0 Å². The summed E-state index contributed by atoms with van der Waals surface area (Å²) in [6.07, 6.45) is 0. The Morgan fingerprint density at radius 1 is 1.03 bits per heavy atom. The van der Waals surface area contributed by atoms with Gasteiger partial charge in [0.05, 0.1) is 11.5 Å². The lowest BCUT2D eigenvalue weighted by Gasteiger charge is -2.18. The topological polar surface area (TPSA) is 87.7 Å². The molecule has 0 bridgehead atoms. The van der Waals surface area contributed by atoms with Crippen LogP contribution in [0.5, 0.6) is 0 Å². The van der Waals surface area contributed by atoms with E-state index in [1.807, 2.05) is 12.1 Å². The fourth-order valence-corrected chi connectivity index (χ4v) is 4.23. The number of hydrogen-bond acceptors (Lipinski definition) is 5. The van der Waals surface area contributed by atoms with Gasteiger partial charge in [0.1, 0.15) is 0 Å². The highest BCUT2D eigenvalue weighted by atomic mass is 32.2. The van der Waals surface area contributed by atoms with E-state index in [1.54, 1.807) is 31.2 Å². The first kappa shape index (κ1) is 24.0. The van der Waals surface area contributed by atoms with Gasteiger partial charge >= 0.3 is 0 Å². The summed E-state index contributed by atoms with van der Waals surface area (Å²) in [6, 6.07) is 13.2. The highest BCUT2D eigenvalue weighted by Crippen LogP contribution is 2.16. The molecule has 1 atom stereocenters. The number of rotatable bonds is 11. The molecule has 0 aliphatic rings. The second-order valence-electron chi connectivity index (χ2n) is 7.11. The van der Waals surface area contributed by atoms with Crippen LogP contribution in [0, 0.1) is 0 Å². The first-order valence-corrected chi connectivity index (χ1v) is 11.5. The van der Waals surface area contributed by atoms with Gasteiger partial charge in [-0.2, -0.15) is 0 Å².